The van der Waals surface area contributed by atoms with Crippen molar-refractivity contribution in [3.05, 3.63) is 57.9 Å². The molecule has 4 rings (SSSR count). The third-order valence-corrected chi connectivity index (χ3v) is 6.23. The minimum atomic E-state index is -1.01. The van der Waals surface area contributed by atoms with Gasteiger partial charge in [-0.15, -0.1) is 11.3 Å². The van der Waals surface area contributed by atoms with Gasteiger partial charge in [0.25, 0.3) is 0 Å². The first kappa shape index (κ1) is 16.8. The zero-order chi connectivity index (χ0) is 18.3. The van der Waals surface area contributed by atoms with Crippen LogP contribution in [0.25, 0.3) is 10.9 Å². The number of benzene rings is 1. The summed E-state index contributed by atoms with van der Waals surface area (Å²) in [7, 11) is 0. The summed E-state index contributed by atoms with van der Waals surface area (Å²) in [6.07, 6.45) is 2.88. The average Bonchev–Trinajstić information content (AvgIpc) is 3.14. The van der Waals surface area contributed by atoms with Crippen molar-refractivity contribution in [2.75, 3.05) is 0 Å². The molecule has 1 saturated carbocycles. The summed E-state index contributed by atoms with van der Waals surface area (Å²) in [6, 6.07) is 8.89. The van der Waals surface area contributed by atoms with Gasteiger partial charge in [0.15, 0.2) is 0 Å². The van der Waals surface area contributed by atoms with Crippen molar-refractivity contribution in [2.45, 2.75) is 31.7 Å². The molecule has 6 heteroatoms. The van der Waals surface area contributed by atoms with E-state index in [2.05, 4.69) is 23.3 Å². The molecule has 3 atom stereocenters. The Morgan fingerprint density at radius 3 is 2.88 bits per heavy atom. The number of rotatable bonds is 6. The fraction of sp³-hybridized carbons (Fsp3) is 0.300. The van der Waals surface area contributed by atoms with E-state index in [1.807, 2.05) is 35.8 Å². The molecule has 3 N–H and O–H groups in total. The van der Waals surface area contributed by atoms with Gasteiger partial charge in [0.2, 0.25) is 5.91 Å². The van der Waals surface area contributed by atoms with Crippen LogP contribution in [0.15, 0.2) is 41.9 Å². The lowest BCUT2D eigenvalue weighted by Crippen LogP contribution is -2.43. The number of thiophene rings is 1. The number of hydrogen-bond acceptors (Lipinski definition) is 3. The Balaban J connectivity index is 1.45. The van der Waals surface area contributed by atoms with Crippen LogP contribution in [0.5, 0.6) is 0 Å². The highest BCUT2D eigenvalue weighted by Gasteiger charge is 2.46. The largest absolute Gasteiger partial charge is 0.480 e. The van der Waals surface area contributed by atoms with Crippen LogP contribution < -0.4 is 5.32 Å². The Labute approximate surface area is 155 Å². The molecule has 1 aromatic carbocycles. The molecule has 0 aliphatic heterocycles. The number of aromatic amines is 1. The molecule has 5 nitrogen and oxygen atoms in total. The van der Waals surface area contributed by atoms with Crippen molar-refractivity contribution in [3.63, 3.8) is 0 Å². The summed E-state index contributed by atoms with van der Waals surface area (Å²) in [5, 5.41) is 15.3. The molecule has 3 unspecified atom stereocenters. The van der Waals surface area contributed by atoms with Crippen molar-refractivity contribution in [3.8, 4) is 0 Å². The number of H-pyrrole nitrogens is 1. The third-order valence-electron chi connectivity index (χ3n) is 5.08. The summed E-state index contributed by atoms with van der Waals surface area (Å²) in [5.74, 6) is -1.04. The van der Waals surface area contributed by atoms with Crippen molar-refractivity contribution in [1.82, 2.24) is 10.3 Å². The number of para-hydroxylation sites is 1. The number of aromatic nitrogens is 1. The number of hydrogen-bond donors (Lipinski definition) is 3. The van der Waals surface area contributed by atoms with Crippen LogP contribution in [-0.4, -0.2) is 28.0 Å². The number of carboxylic acids is 1. The molecule has 2 heterocycles. The number of aliphatic carboxylic acids is 1. The molecule has 0 spiro atoms. The number of amides is 1. The van der Waals surface area contributed by atoms with Gasteiger partial charge in [-0.3, -0.25) is 4.79 Å². The van der Waals surface area contributed by atoms with E-state index in [0.29, 0.717) is 0 Å². The normalized spacial score (nSPS) is 20.0. The Bertz CT molecular complexity index is 974. The highest BCUT2D eigenvalue weighted by atomic mass is 32.1. The molecule has 1 aliphatic rings. The lowest BCUT2D eigenvalue weighted by molar-refractivity contribution is -0.142. The second-order valence-corrected chi connectivity index (χ2v) is 7.83. The molecule has 2 aromatic heterocycles. The zero-order valence-corrected chi connectivity index (χ0v) is 15.2. The van der Waals surface area contributed by atoms with Crippen LogP contribution in [0.4, 0.5) is 0 Å². The van der Waals surface area contributed by atoms with Gasteiger partial charge in [-0.2, -0.15) is 0 Å². The second-order valence-electron chi connectivity index (χ2n) is 6.88. The predicted octanol–water partition coefficient (Wildman–Crippen LogP) is 3.45. The highest BCUT2D eigenvalue weighted by molar-refractivity contribution is 7.10. The molecule has 1 amide bonds. The van der Waals surface area contributed by atoms with Crippen molar-refractivity contribution < 1.29 is 14.7 Å². The predicted molar refractivity (Wildman–Crippen MR) is 101 cm³/mol. The molecule has 3 aromatic rings. The second kappa shape index (κ2) is 6.61. The van der Waals surface area contributed by atoms with E-state index in [1.54, 1.807) is 11.3 Å². The molecule has 0 bridgehead atoms. The summed E-state index contributed by atoms with van der Waals surface area (Å²) in [6.45, 7) is 2.05. The number of nitrogens with one attached hydrogen (secondary N) is 2. The number of aryl methyl sites for hydroxylation is 1. The SMILES string of the molecule is Cc1ccsc1C1CC1C(=O)NC(Cc1c[nH]c2ccccc12)C(=O)O. The lowest BCUT2D eigenvalue weighted by atomic mass is 10.0. The minimum Gasteiger partial charge on any atom is -0.480 e. The van der Waals surface area contributed by atoms with Crippen molar-refractivity contribution in [1.29, 1.82) is 0 Å². The smallest absolute Gasteiger partial charge is 0.326 e. The fourth-order valence-electron chi connectivity index (χ4n) is 3.54. The van der Waals surface area contributed by atoms with Crippen LogP contribution in [0.1, 0.15) is 28.3 Å². The van der Waals surface area contributed by atoms with E-state index in [9.17, 15) is 14.7 Å². The van der Waals surface area contributed by atoms with Crippen LogP contribution in [-0.2, 0) is 16.0 Å². The first-order valence-corrected chi connectivity index (χ1v) is 9.54. The van der Waals surface area contributed by atoms with Gasteiger partial charge < -0.3 is 15.4 Å². The van der Waals surface area contributed by atoms with Gasteiger partial charge in [0.05, 0.1) is 0 Å². The molecule has 1 fully saturated rings. The summed E-state index contributed by atoms with van der Waals surface area (Å²) >= 11 is 1.67. The number of carbonyl (C=O) groups excluding carboxylic acids is 1. The van der Waals surface area contributed by atoms with Crippen molar-refractivity contribution >= 4 is 34.1 Å². The van der Waals surface area contributed by atoms with E-state index >= 15 is 0 Å². The van der Waals surface area contributed by atoms with Gasteiger partial charge in [-0.05, 0) is 42.0 Å². The monoisotopic (exact) mass is 368 g/mol. The lowest BCUT2D eigenvalue weighted by Gasteiger charge is -2.14. The average molecular weight is 368 g/mol. The Kier molecular flexibility index (Phi) is 4.28. The fourth-order valence-corrected chi connectivity index (χ4v) is 4.65. The number of carboxylic acid groups (broad SMARTS) is 1. The van der Waals surface area contributed by atoms with Crippen LogP contribution >= 0.6 is 11.3 Å². The van der Waals surface area contributed by atoms with E-state index in [1.165, 1.54) is 10.4 Å². The maximum atomic E-state index is 12.6. The van der Waals surface area contributed by atoms with Gasteiger partial charge in [-0.1, -0.05) is 18.2 Å². The Morgan fingerprint density at radius 1 is 1.35 bits per heavy atom. The maximum absolute atomic E-state index is 12.6. The third kappa shape index (κ3) is 3.12. The summed E-state index contributed by atoms with van der Waals surface area (Å²) in [5.41, 5.74) is 3.08. The number of fused-ring (bicyclic) bond motifs is 1. The molecule has 134 valence electrons. The summed E-state index contributed by atoms with van der Waals surface area (Å²) in [4.78, 5) is 28.6. The zero-order valence-electron chi connectivity index (χ0n) is 14.4. The minimum absolute atomic E-state index is 0.114. The molecule has 0 radical (unpaired) electrons. The Hall–Kier alpha value is -2.60. The molecule has 1 aliphatic carbocycles. The van der Waals surface area contributed by atoms with E-state index in [0.717, 1.165) is 22.9 Å². The van der Waals surface area contributed by atoms with Crippen LogP contribution in [0.2, 0.25) is 0 Å². The standard InChI is InChI=1S/C20H20N2O3S/c1-11-6-7-26-18(11)14-9-15(14)19(23)22-17(20(24)25)8-12-10-21-16-5-3-2-4-13(12)16/h2-7,10,14-15,17,21H,8-9H2,1H3,(H,22,23)(H,24,25). The molecule has 26 heavy (non-hydrogen) atoms. The molecular weight excluding hydrogens is 348 g/mol. The van der Waals surface area contributed by atoms with Gasteiger partial charge in [0.1, 0.15) is 6.04 Å². The first-order chi connectivity index (χ1) is 12.5. The van der Waals surface area contributed by atoms with E-state index in [-0.39, 0.29) is 24.2 Å². The van der Waals surface area contributed by atoms with Crippen LogP contribution in [0, 0.1) is 12.8 Å². The van der Waals surface area contributed by atoms with Crippen LogP contribution in [0.3, 0.4) is 0 Å². The summed E-state index contributed by atoms with van der Waals surface area (Å²) < 4.78 is 0. The number of carbonyl (C=O) groups is 2. The van der Waals surface area contributed by atoms with Crippen molar-refractivity contribution in [2.24, 2.45) is 5.92 Å². The van der Waals surface area contributed by atoms with E-state index in [4.69, 9.17) is 0 Å². The Morgan fingerprint density at radius 2 is 2.15 bits per heavy atom. The highest BCUT2D eigenvalue weighted by Crippen LogP contribution is 2.50. The topological polar surface area (TPSA) is 82.2 Å². The van der Waals surface area contributed by atoms with E-state index < -0.39 is 12.0 Å². The van der Waals surface area contributed by atoms with Gasteiger partial charge in [0, 0.05) is 40.2 Å². The first-order valence-electron chi connectivity index (χ1n) is 8.66. The van der Waals surface area contributed by atoms with Gasteiger partial charge >= 0.3 is 5.97 Å². The van der Waals surface area contributed by atoms with Gasteiger partial charge in [-0.25, -0.2) is 4.79 Å². The quantitative estimate of drug-likeness (QED) is 0.623. The molecular formula is C20H20N2O3S. The maximum Gasteiger partial charge on any atom is 0.326 e. The molecule has 0 saturated heterocycles.